The van der Waals surface area contributed by atoms with Gasteiger partial charge in [-0.2, -0.15) is 17.0 Å². The van der Waals surface area contributed by atoms with Crippen LogP contribution in [0.2, 0.25) is 0 Å². The Balaban J connectivity index is 2.63. The second kappa shape index (κ2) is 6.13. The highest BCUT2D eigenvalue weighted by molar-refractivity contribution is 7.98. The topological polar surface area (TPSA) is 65.8 Å². The second-order valence-electron chi connectivity index (χ2n) is 3.37. The lowest BCUT2D eigenvalue weighted by Gasteiger charge is -2.11. The van der Waals surface area contributed by atoms with Gasteiger partial charge >= 0.3 is 0 Å². The Hall–Kier alpha value is -1.54. The molecule has 0 aromatic carbocycles. The maximum atomic E-state index is 11.7. The Labute approximate surface area is 99.1 Å². The molecule has 0 aliphatic carbocycles. The molecule has 0 saturated heterocycles. The molecule has 1 N–H and O–H groups in total. The van der Waals surface area contributed by atoms with E-state index < -0.39 is 0 Å². The third-order valence-corrected chi connectivity index (χ3v) is 2.75. The van der Waals surface area contributed by atoms with Crippen LogP contribution in [-0.2, 0) is 0 Å². The van der Waals surface area contributed by atoms with Crippen LogP contribution in [0, 0.1) is 11.3 Å². The molecule has 0 saturated carbocycles. The summed E-state index contributed by atoms with van der Waals surface area (Å²) in [4.78, 5) is 15.6. The van der Waals surface area contributed by atoms with E-state index in [-0.39, 0.29) is 11.9 Å². The van der Waals surface area contributed by atoms with Crippen LogP contribution >= 0.6 is 11.8 Å². The third kappa shape index (κ3) is 3.55. The summed E-state index contributed by atoms with van der Waals surface area (Å²) >= 11 is 1.67. The first-order chi connectivity index (χ1) is 7.67. The Morgan fingerprint density at radius 3 is 2.94 bits per heavy atom. The minimum Gasteiger partial charge on any atom is -0.347 e. The van der Waals surface area contributed by atoms with Crippen LogP contribution in [-0.4, -0.2) is 28.9 Å². The summed E-state index contributed by atoms with van der Waals surface area (Å²) in [6.45, 7) is 1.94. The van der Waals surface area contributed by atoms with Crippen LogP contribution < -0.4 is 5.32 Å². The van der Waals surface area contributed by atoms with Crippen molar-refractivity contribution in [2.24, 2.45) is 0 Å². The van der Waals surface area contributed by atoms with Gasteiger partial charge in [-0.25, -0.2) is 4.98 Å². The van der Waals surface area contributed by atoms with Crippen LogP contribution in [0.3, 0.4) is 0 Å². The van der Waals surface area contributed by atoms with E-state index in [0.717, 1.165) is 5.75 Å². The first kappa shape index (κ1) is 12.5. The number of carbonyl (C=O) groups is 1. The zero-order chi connectivity index (χ0) is 12.0. The van der Waals surface area contributed by atoms with E-state index in [4.69, 9.17) is 5.26 Å². The first-order valence-electron chi connectivity index (χ1n) is 4.83. The molecule has 84 valence electrons. The lowest BCUT2D eigenvalue weighted by Crippen LogP contribution is -2.34. The molecule has 0 aliphatic rings. The summed E-state index contributed by atoms with van der Waals surface area (Å²) in [5, 5.41) is 11.4. The van der Waals surface area contributed by atoms with Gasteiger partial charge in [0, 0.05) is 18.0 Å². The number of hydrogen-bond donors (Lipinski definition) is 1. The number of thioether (sulfide) groups is 1. The van der Waals surface area contributed by atoms with Crippen LogP contribution in [0.25, 0.3) is 0 Å². The van der Waals surface area contributed by atoms with Crippen molar-refractivity contribution < 1.29 is 4.79 Å². The highest BCUT2D eigenvalue weighted by atomic mass is 32.2. The molecule has 16 heavy (non-hydrogen) atoms. The minimum absolute atomic E-state index is 0.111. The predicted octanol–water partition coefficient (Wildman–Crippen LogP) is 1.43. The highest BCUT2D eigenvalue weighted by Gasteiger charge is 2.10. The quantitative estimate of drug-likeness (QED) is 0.857. The highest BCUT2D eigenvalue weighted by Crippen LogP contribution is 2.01. The summed E-state index contributed by atoms with van der Waals surface area (Å²) in [6.07, 6.45) is 3.39. The maximum Gasteiger partial charge on any atom is 0.270 e. The van der Waals surface area contributed by atoms with Gasteiger partial charge in [-0.05, 0) is 25.3 Å². The summed E-state index contributed by atoms with van der Waals surface area (Å²) in [5.41, 5.74) is 0.792. The Morgan fingerprint density at radius 2 is 2.44 bits per heavy atom. The van der Waals surface area contributed by atoms with Crippen LogP contribution in [0.1, 0.15) is 23.0 Å². The zero-order valence-electron chi connectivity index (χ0n) is 9.23. The average molecular weight is 235 g/mol. The molecule has 1 rings (SSSR count). The van der Waals surface area contributed by atoms with E-state index in [2.05, 4.69) is 10.3 Å². The fourth-order valence-electron chi connectivity index (χ4n) is 1.18. The van der Waals surface area contributed by atoms with Gasteiger partial charge in [0.1, 0.15) is 11.8 Å². The number of hydrogen-bond acceptors (Lipinski definition) is 4. The molecular weight excluding hydrogens is 222 g/mol. The molecule has 1 amide bonds. The van der Waals surface area contributed by atoms with Gasteiger partial charge in [0.05, 0.1) is 5.56 Å². The molecular formula is C11H13N3OS. The number of pyridine rings is 1. The van der Waals surface area contributed by atoms with E-state index in [0.29, 0.717) is 11.3 Å². The summed E-state index contributed by atoms with van der Waals surface area (Å²) in [7, 11) is 0. The Morgan fingerprint density at radius 1 is 1.69 bits per heavy atom. The van der Waals surface area contributed by atoms with Crippen LogP contribution in [0.15, 0.2) is 18.3 Å². The van der Waals surface area contributed by atoms with Crippen molar-refractivity contribution in [1.82, 2.24) is 10.3 Å². The number of carbonyl (C=O) groups excluding carboxylic acids is 1. The number of aromatic nitrogens is 1. The SMILES string of the molecule is CSCC(C)NC(=O)c1ccc(C#N)cn1. The van der Waals surface area contributed by atoms with Crippen molar-refractivity contribution in [1.29, 1.82) is 5.26 Å². The number of nitrogens with zero attached hydrogens (tertiary/aromatic N) is 2. The Bertz CT molecular complexity index is 397. The number of nitrogens with one attached hydrogen (secondary N) is 1. The molecule has 0 bridgehead atoms. The van der Waals surface area contributed by atoms with E-state index >= 15 is 0 Å². The molecule has 0 spiro atoms. The van der Waals surface area contributed by atoms with Crippen molar-refractivity contribution in [3.05, 3.63) is 29.6 Å². The van der Waals surface area contributed by atoms with Gasteiger partial charge in [-0.15, -0.1) is 0 Å². The minimum atomic E-state index is -0.203. The average Bonchev–Trinajstić information content (AvgIpc) is 2.29. The Kier molecular flexibility index (Phi) is 4.80. The van der Waals surface area contributed by atoms with Crippen molar-refractivity contribution in [2.45, 2.75) is 13.0 Å². The first-order valence-corrected chi connectivity index (χ1v) is 6.22. The fourth-order valence-corrected chi connectivity index (χ4v) is 1.77. The second-order valence-corrected chi connectivity index (χ2v) is 4.28. The summed E-state index contributed by atoms with van der Waals surface area (Å²) in [5.74, 6) is 0.660. The lowest BCUT2D eigenvalue weighted by molar-refractivity contribution is 0.0939. The fraction of sp³-hybridized carbons (Fsp3) is 0.364. The van der Waals surface area contributed by atoms with Crippen molar-refractivity contribution in [3.8, 4) is 6.07 Å². The molecule has 1 unspecified atom stereocenters. The van der Waals surface area contributed by atoms with Crippen molar-refractivity contribution >= 4 is 17.7 Å². The molecule has 1 aromatic heterocycles. The van der Waals surface area contributed by atoms with Gasteiger partial charge < -0.3 is 5.32 Å². The molecule has 0 fully saturated rings. The van der Waals surface area contributed by atoms with E-state index in [9.17, 15) is 4.79 Å². The van der Waals surface area contributed by atoms with Crippen molar-refractivity contribution in [2.75, 3.05) is 12.0 Å². The molecule has 0 radical (unpaired) electrons. The standard InChI is InChI=1S/C11H13N3OS/c1-8(7-16-2)14-11(15)10-4-3-9(5-12)6-13-10/h3-4,6,8H,7H2,1-2H3,(H,14,15). The molecule has 4 nitrogen and oxygen atoms in total. The molecule has 5 heteroatoms. The van der Waals surface area contributed by atoms with Crippen LogP contribution in [0.4, 0.5) is 0 Å². The third-order valence-electron chi connectivity index (χ3n) is 1.92. The maximum absolute atomic E-state index is 11.7. The van der Waals surface area contributed by atoms with Crippen LogP contribution in [0.5, 0.6) is 0 Å². The predicted molar refractivity (Wildman–Crippen MR) is 64.3 cm³/mol. The number of nitriles is 1. The van der Waals surface area contributed by atoms with E-state index in [1.807, 2.05) is 19.2 Å². The summed E-state index contributed by atoms with van der Waals surface area (Å²) < 4.78 is 0. The number of amides is 1. The van der Waals surface area contributed by atoms with E-state index in [1.165, 1.54) is 6.20 Å². The van der Waals surface area contributed by atoms with Gasteiger partial charge in [0.15, 0.2) is 0 Å². The monoisotopic (exact) mass is 235 g/mol. The molecule has 0 aliphatic heterocycles. The molecule has 1 atom stereocenters. The van der Waals surface area contributed by atoms with E-state index in [1.54, 1.807) is 23.9 Å². The smallest absolute Gasteiger partial charge is 0.270 e. The normalized spacial score (nSPS) is 11.6. The van der Waals surface area contributed by atoms with Gasteiger partial charge in [-0.1, -0.05) is 0 Å². The number of rotatable bonds is 4. The molecule has 1 heterocycles. The largest absolute Gasteiger partial charge is 0.347 e. The van der Waals surface area contributed by atoms with Gasteiger partial charge in [0.25, 0.3) is 5.91 Å². The lowest BCUT2D eigenvalue weighted by atomic mass is 10.2. The van der Waals surface area contributed by atoms with Gasteiger partial charge in [-0.3, -0.25) is 4.79 Å². The molecule has 1 aromatic rings. The zero-order valence-corrected chi connectivity index (χ0v) is 10.0. The summed E-state index contributed by atoms with van der Waals surface area (Å²) in [6, 6.07) is 5.21. The van der Waals surface area contributed by atoms with Crippen molar-refractivity contribution in [3.63, 3.8) is 0 Å². The van der Waals surface area contributed by atoms with Gasteiger partial charge in [0.2, 0.25) is 0 Å².